The van der Waals surface area contributed by atoms with Crippen molar-refractivity contribution in [2.75, 3.05) is 26.2 Å². The van der Waals surface area contributed by atoms with E-state index in [4.69, 9.17) is 4.98 Å². The predicted molar refractivity (Wildman–Crippen MR) is 95.7 cm³/mol. The molecule has 0 amide bonds. The molecule has 1 saturated heterocycles. The standard InChI is InChI=1S/C20H27N3/c1-3-17-6-8-18(9-7-17)20(19-10-5-16(2)15-22-19)23-13-4-11-21-12-14-23/h5-10,15,20-21H,3-4,11-14H2,1-2H3. The summed E-state index contributed by atoms with van der Waals surface area (Å²) < 4.78 is 0. The minimum atomic E-state index is 0.251. The predicted octanol–water partition coefficient (Wildman–Crippen LogP) is 3.34. The second kappa shape index (κ2) is 7.71. The molecule has 1 unspecified atom stereocenters. The van der Waals surface area contributed by atoms with Gasteiger partial charge in [-0.15, -0.1) is 0 Å². The van der Waals surface area contributed by atoms with Gasteiger partial charge in [0.25, 0.3) is 0 Å². The number of rotatable bonds is 4. The molecule has 1 atom stereocenters. The van der Waals surface area contributed by atoms with Gasteiger partial charge < -0.3 is 5.32 Å². The summed E-state index contributed by atoms with van der Waals surface area (Å²) in [4.78, 5) is 7.31. The molecule has 2 heterocycles. The van der Waals surface area contributed by atoms with Crippen LogP contribution in [0, 0.1) is 6.92 Å². The summed E-state index contributed by atoms with van der Waals surface area (Å²) in [6.45, 7) is 8.64. The molecule has 0 saturated carbocycles. The van der Waals surface area contributed by atoms with E-state index in [9.17, 15) is 0 Å². The van der Waals surface area contributed by atoms with Crippen LogP contribution in [0.1, 0.15) is 41.8 Å². The van der Waals surface area contributed by atoms with E-state index in [1.165, 1.54) is 23.1 Å². The van der Waals surface area contributed by atoms with Crippen LogP contribution in [0.15, 0.2) is 42.6 Å². The van der Waals surface area contributed by atoms with Gasteiger partial charge in [-0.3, -0.25) is 9.88 Å². The van der Waals surface area contributed by atoms with Gasteiger partial charge in [-0.25, -0.2) is 0 Å². The number of aromatic nitrogens is 1. The average Bonchev–Trinajstić information content (AvgIpc) is 2.87. The van der Waals surface area contributed by atoms with Crippen molar-refractivity contribution in [1.29, 1.82) is 0 Å². The van der Waals surface area contributed by atoms with E-state index in [1.807, 2.05) is 6.20 Å². The van der Waals surface area contributed by atoms with Crippen molar-refractivity contribution in [3.8, 4) is 0 Å². The van der Waals surface area contributed by atoms with E-state index in [0.717, 1.165) is 38.3 Å². The number of hydrogen-bond acceptors (Lipinski definition) is 3. The lowest BCUT2D eigenvalue weighted by atomic mass is 9.98. The molecule has 3 heteroatoms. The van der Waals surface area contributed by atoms with Gasteiger partial charge in [0.05, 0.1) is 11.7 Å². The largest absolute Gasteiger partial charge is 0.315 e. The van der Waals surface area contributed by atoms with Gasteiger partial charge in [0.1, 0.15) is 0 Å². The SMILES string of the molecule is CCc1ccc(C(c2ccc(C)cn2)N2CCCNCC2)cc1. The summed E-state index contributed by atoms with van der Waals surface area (Å²) in [5.41, 5.74) is 5.11. The molecule has 1 aromatic carbocycles. The second-order valence-electron chi connectivity index (χ2n) is 6.40. The average molecular weight is 309 g/mol. The van der Waals surface area contributed by atoms with Crippen LogP contribution < -0.4 is 5.32 Å². The first kappa shape index (κ1) is 16.2. The monoisotopic (exact) mass is 309 g/mol. The Bertz CT molecular complexity index is 596. The molecule has 0 radical (unpaired) electrons. The van der Waals surface area contributed by atoms with Gasteiger partial charge in [-0.05, 0) is 49.1 Å². The normalized spacial score (nSPS) is 17.7. The summed E-state index contributed by atoms with van der Waals surface area (Å²) in [5.74, 6) is 0. The van der Waals surface area contributed by atoms with E-state index in [0.29, 0.717) is 0 Å². The molecule has 122 valence electrons. The maximum absolute atomic E-state index is 4.74. The number of aryl methyl sites for hydroxylation is 2. The molecule has 1 aliphatic rings. The fourth-order valence-electron chi connectivity index (χ4n) is 3.27. The maximum Gasteiger partial charge on any atom is 0.0776 e. The molecule has 3 rings (SSSR count). The number of pyridine rings is 1. The Labute approximate surface area is 139 Å². The molecule has 0 bridgehead atoms. The lowest BCUT2D eigenvalue weighted by Gasteiger charge is -2.30. The van der Waals surface area contributed by atoms with Gasteiger partial charge in [0.2, 0.25) is 0 Å². The second-order valence-corrected chi connectivity index (χ2v) is 6.40. The number of hydrogen-bond donors (Lipinski definition) is 1. The Morgan fingerprint density at radius 1 is 1.09 bits per heavy atom. The highest BCUT2D eigenvalue weighted by Crippen LogP contribution is 2.28. The van der Waals surface area contributed by atoms with Crippen LogP contribution in [0.2, 0.25) is 0 Å². The smallest absolute Gasteiger partial charge is 0.0776 e. The van der Waals surface area contributed by atoms with Crippen LogP contribution in [-0.4, -0.2) is 36.1 Å². The van der Waals surface area contributed by atoms with Crippen LogP contribution >= 0.6 is 0 Å². The fourth-order valence-corrected chi connectivity index (χ4v) is 3.27. The van der Waals surface area contributed by atoms with Gasteiger partial charge in [-0.1, -0.05) is 37.3 Å². The minimum Gasteiger partial charge on any atom is -0.315 e. The third-order valence-corrected chi connectivity index (χ3v) is 4.66. The van der Waals surface area contributed by atoms with E-state index in [-0.39, 0.29) is 6.04 Å². The molecule has 0 spiro atoms. The maximum atomic E-state index is 4.74. The van der Waals surface area contributed by atoms with Gasteiger partial charge in [0, 0.05) is 25.8 Å². The molecular formula is C20H27N3. The lowest BCUT2D eigenvalue weighted by molar-refractivity contribution is 0.237. The first-order valence-corrected chi connectivity index (χ1v) is 8.74. The molecule has 3 nitrogen and oxygen atoms in total. The van der Waals surface area contributed by atoms with Crippen LogP contribution in [0.25, 0.3) is 0 Å². The van der Waals surface area contributed by atoms with Crippen LogP contribution in [0.5, 0.6) is 0 Å². The highest BCUT2D eigenvalue weighted by Gasteiger charge is 2.24. The lowest BCUT2D eigenvalue weighted by Crippen LogP contribution is -2.33. The van der Waals surface area contributed by atoms with Crippen LogP contribution in [-0.2, 0) is 6.42 Å². The first-order valence-electron chi connectivity index (χ1n) is 8.74. The number of nitrogens with zero attached hydrogens (tertiary/aromatic N) is 2. The molecule has 1 fully saturated rings. The Hall–Kier alpha value is -1.71. The zero-order valence-corrected chi connectivity index (χ0v) is 14.3. The molecular weight excluding hydrogens is 282 g/mol. The number of benzene rings is 1. The first-order chi connectivity index (χ1) is 11.3. The quantitative estimate of drug-likeness (QED) is 0.939. The Morgan fingerprint density at radius 2 is 1.91 bits per heavy atom. The molecule has 0 aliphatic carbocycles. The van der Waals surface area contributed by atoms with E-state index in [1.54, 1.807) is 0 Å². The van der Waals surface area contributed by atoms with Gasteiger partial charge in [-0.2, -0.15) is 0 Å². The molecule has 2 aromatic rings. The summed E-state index contributed by atoms with van der Waals surface area (Å²) in [5, 5.41) is 3.50. The topological polar surface area (TPSA) is 28.2 Å². The van der Waals surface area contributed by atoms with E-state index < -0.39 is 0 Å². The highest BCUT2D eigenvalue weighted by molar-refractivity contribution is 5.31. The van der Waals surface area contributed by atoms with Crippen molar-refractivity contribution in [3.63, 3.8) is 0 Å². The van der Waals surface area contributed by atoms with Crippen molar-refractivity contribution in [3.05, 3.63) is 65.0 Å². The van der Waals surface area contributed by atoms with E-state index >= 15 is 0 Å². The minimum absolute atomic E-state index is 0.251. The summed E-state index contributed by atoms with van der Waals surface area (Å²) >= 11 is 0. The zero-order valence-electron chi connectivity index (χ0n) is 14.3. The molecule has 1 N–H and O–H groups in total. The summed E-state index contributed by atoms with van der Waals surface area (Å²) in [6, 6.07) is 13.7. The third kappa shape index (κ3) is 3.98. The Morgan fingerprint density at radius 3 is 2.61 bits per heavy atom. The summed E-state index contributed by atoms with van der Waals surface area (Å²) in [7, 11) is 0. The fraction of sp³-hybridized carbons (Fsp3) is 0.450. The Balaban J connectivity index is 1.95. The molecule has 1 aliphatic heterocycles. The van der Waals surface area contributed by atoms with Gasteiger partial charge in [0.15, 0.2) is 0 Å². The zero-order chi connectivity index (χ0) is 16.1. The summed E-state index contributed by atoms with van der Waals surface area (Å²) in [6.07, 6.45) is 4.26. The highest BCUT2D eigenvalue weighted by atomic mass is 15.2. The van der Waals surface area contributed by atoms with Crippen molar-refractivity contribution in [1.82, 2.24) is 15.2 Å². The van der Waals surface area contributed by atoms with Crippen molar-refractivity contribution in [2.45, 2.75) is 32.7 Å². The number of nitrogens with one attached hydrogen (secondary N) is 1. The van der Waals surface area contributed by atoms with Crippen LogP contribution in [0.4, 0.5) is 0 Å². The van der Waals surface area contributed by atoms with Crippen molar-refractivity contribution in [2.24, 2.45) is 0 Å². The van der Waals surface area contributed by atoms with Gasteiger partial charge >= 0.3 is 0 Å². The van der Waals surface area contributed by atoms with E-state index in [2.05, 4.69) is 60.5 Å². The van der Waals surface area contributed by atoms with Crippen molar-refractivity contribution < 1.29 is 0 Å². The Kier molecular flexibility index (Phi) is 5.42. The third-order valence-electron chi connectivity index (χ3n) is 4.66. The van der Waals surface area contributed by atoms with Crippen LogP contribution in [0.3, 0.4) is 0 Å². The molecule has 1 aromatic heterocycles. The molecule has 23 heavy (non-hydrogen) atoms. The van der Waals surface area contributed by atoms with Crippen molar-refractivity contribution >= 4 is 0 Å².